The minimum absolute atomic E-state index is 0.119. The fourth-order valence-electron chi connectivity index (χ4n) is 2.97. The van der Waals surface area contributed by atoms with Crippen molar-refractivity contribution in [1.82, 2.24) is 4.90 Å². The molecule has 3 heteroatoms. The lowest BCUT2D eigenvalue weighted by atomic mass is 10.0. The molecule has 1 aliphatic rings. The summed E-state index contributed by atoms with van der Waals surface area (Å²) in [4.78, 5) is 14.0. The molecule has 1 fully saturated rings. The Bertz CT molecular complexity index is 562. The number of furan rings is 1. The molecule has 0 aliphatic carbocycles. The van der Waals surface area contributed by atoms with Gasteiger partial charge in [0.15, 0.2) is 0 Å². The van der Waals surface area contributed by atoms with Crippen molar-refractivity contribution in [3.63, 3.8) is 0 Å². The van der Waals surface area contributed by atoms with Gasteiger partial charge in [0.1, 0.15) is 11.5 Å². The van der Waals surface area contributed by atoms with E-state index in [1.807, 2.05) is 18.2 Å². The lowest BCUT2D eigenvalue weighted by Gasteiger charge is -2.22. The summed E-state index contributed by atoms with van der Waals surface area (Å²) in [6.45, 7) is 3.36. The zero-order valence-electron chi connectivity index (χ0n) is 11.7. The highest BCUT2D eigenvalue weighted by Gasteiger charge is 2.36. The van der Waals surface area contributed by atoms with Crippen LogP contribution in [0.3, 0.4) is 0 Å². The highest BCUT2D eigenvalue weighted by atomic mass is 16.3. The minimum atomic E-state index is 0.119. The predicted octanol–water partition coefficient (Wildman–Crippen LogP) is 3.43. The van der Waals surface area contributed by atoms with E-state index in [0.717, 1.165) is 25.3 Å². The van der Waals surface area contributed by atoms with E-state index >= 15 is 0 Å². The normalized spacial score (nSPS) is 23.1. The van der Waals surface area contributed by atoms with Crippen LogP contribution >= 0.6 is 0 Å². The monoisotopic (exact) mass is 269 g/mol. The van der Waals surface area contributed by atoms with Crippen LogP contribution in [0.15, 0.2) is 53.1 Å². The van der Waals surface area contributed by atoms with E-state index < -0.39 is 0 Å². The Morgan fingerprint density at radius 2 is 2.05 bits per heavy atom. The topological polar surface area (TPSA) is 33.5 Å². The number of nitrogens with zero attached hydrogens (tertiary/aromatic N) is 1. The predicted molar refractivity (Wildman–Crippen MR) is 77.1 cm³/mol. The van der Waals surface area contributed by atoms with E-state index in [2.05, 4.69) is 29.2 Å². The van der Waals surface area contributed by atoms with Gasteiger partial charge in [-0.1, -0.05) is 30.3 Å². The van der Waals surface area contributed by atoms with Crippen LogP contribution in [0, 0.1) is 5.92 Å². The Kier molecular flexibility index (Phi) is 3.70. The summed E-state index contributed by atoms with van der Waals surface area (Å²) in [6.07, 6.45) is 2.56. The van der Waals surface area contributed by atoms with Crippen LogP contribution in [0.4, 0.5) is 0 Å². The van der Waals surface area contributed by atoms with Gasteiger partial charge in [-0.05, 0) is 31.0 Å². The van der Waals surface area contributed by atoms with Gasteiger partial charge in [0.2, 0.25) is 0 Å². The standard InChI is InChI=1S/C17H19NO2/c1-13(19)15-10-16(17-8-5-9-20-17)18(12-15)11-14-6-3-2-4-7-14/h2-9,15-16H,10-12H2,1H3. The molecule has 104 valence electrons. The molecule has 3 rings (SSSR count). The lowest BCUT2D eigenvalue weighted by Crippen LogP contribution is -2.24. The Hall–Kier alpha value is -1.87. The molecular formula is C17H19NO2. The number of likely N-dealkylation sites (tertiary alicyclic amines) is 1. The van der Waals surface area contributed by atoms with E-state index in [9.17, 15) is 4.79 Å². The number of benzene rings is 1. The van der Waals surface area contributed by atoms with Gasteiger partial charge in [0.25, 0.3) is 0 Å². The highest BCUT2D eigenvalue weighted by Crippen LogP contribution is 2.37. The van der Waals surface area contributed by atoms with Crippen LogP contribution in [0.5, 0.6) is 0 Å². The highest BCUT2D eigenvalue weighted by molar-refractivity contribution is 5.78. The molecule has 2 aromatic rings. The van der Waals surface area contributed by atoms with Gasteiger partial charge in [-0.25, -0.2) is 0 Å². The molecule has 20 heavy (non-hydrogen) atoms. The maximum atomic E-state index is 11.7. The summed E-state index contributed by atoms with van der Waals surface area (Å²) in [7, 11) is 0. The third-order valence-electron chi connectivity index (χ3n) is 4.08. The third-order valence-corrected chi connectivity index (χ3v) is 4.08. The summed E-state index contributed by atoms with van der Waals surface area (Å²) >= 11 is 0. The van der Waals surface area contributed by atoms with Gasteiger partial charge >= 0.3 is 0 Å². The van der Waals surface area contributed by atoms with Crippen molar-refractivity contribution in [2.75, 3.05) is 6.54 Å². The second kappa shape index (κ2) is 5.63. The molecule has 0 bridgehead atoms. The van der Waals surface area contributed by atoms with Gasteiger partial charge in [-0.3, -0.25) is 9.69 Å². The van der Waals surface area contributed by atoms with Crippen molar-refractivity contribution >= 4 is 5.78 Å². The smallest absolute Gasteiger partial charge is 0.134 e. The Morgan fingerprint density at radius 1 is 1.25 bits per heavy atom. The molecular weight excluding hydrogens is 250 g/mol. The first-order chi connectivity index (χ1) is 9.74. The van der Waals surface area contributed by atoms with E-state index in [0.29, 0.717) is 0 Å². The fourth-order valence-corrected chi connectivity index (χ4v) is 2.97. The zero-order valence-corrected chi connectivity index (χ0v) is 11.7. The molecule has 0 spiro atoms. The van der Waals surface area contributed by atoms with Crippen LogP contribution < -0.4 is 0 Å². The molecule has 0 amide bonds. The van der Waals surface area contributed by atoms with E-state index in [1.165, 1.54) is 5.56 Å². The number of rotatable bonds is 4. The molecule has 1 saturated heterocycles. The summed E-state index contributed by atoms with van der Waals surface area (Å²) in [5, 5.41) is 0. The largest absolute Gasteiger partial charge is 0.468 e. The number of hydrogen-bond donors (Lipinski definition) is 0. The number of ketones is 1. The summed E-state index contributed by atoms with van der Waals surface area (Å²) in [6, 6.07) is 14.5. The van der Waals surface area contributed by atoms with Crippen molar-refractivity contribution in [3.8, 4) is 0 Å². The quantitative estimate of drug-likeness (QED) is 0.852. The number of hydrogen-bond acceptors (Lipinski definition) is 3. The molecule has 1 aromatic carbocycles. The second-order valence-corrected chi connectivity index (χ2v) is 5.49. The van der Waals surface area contributed by atoms with Crippen molar-refractivity contribution in [1.29, 1.82) is 0 Å². The first-order valence-electron chi connectivity index (χ1n) is 7.06. The van der Waals surface area contributed by atoms with Gasteiger partial charge in [-0.2, -0.15) is 0 Å². The Balaban J connectivity index is 1.81. The fraction of sp³-hybridized carbons (Fsp3) is 0.353. The first kappa shape index (κ1) is 13.1. The van der Waals surface area contributed by atoms with Crippen LogP contribution in [-0.2, 0) is 11.3 Å². The average molecular weight is 269 g/mol. The Morgan fingerprint density at radius 3 is 2.70 bits per heavy atom. The SMILES string of the molecule is CC(=O)C1CC(c2ccco2)N(Cc2ccccc2)C1. The maximum absolute atomic E-state index is 11.7. The number of carbonyl (C=O) groups excluding carboxylic acids is 1. The molecule has 2 unspecified atom stereocenters. The van der Waals surface area contributed by atoms with Crippen LogP contribution in [0.2, 0.25) is 0 Å². The van der Waals surface area contributed by atoms with E-state index in [-0.39, 0.29) is 17.7 Å². The summed E-state index contributed by atoms with van der Waals surface area (Å²) in [5.41, 5.74) is 1.27. The van der Waals surface area contributed by atoms with Gasteiger partial charge in [0, 0.05) is 19.0 Å². The summed E-state index contributed by atoms with van der Waals surface area (Å²) in [5.74, 6) is 1.36. The molecule has 0 N–H and O–H groups in total. The second-order valence-electron chi connectivity index (χ2n) is 5.49. The van der Waals surface area contributed by atoms with Crippen LogP contribution in [0.25, 0.3) is 0 Å². The summed E-state index contributed by atoms with van der Waals surface area (Å²) < 4.78 is 5.56. The maximum Gasteiger partial charge on any atom is 0.134 e. The van der Waals surface area contributed by atoms with Crippen molar-refractivity contribution in [2.45, 2.75) is 25.9 Å². The average Bonchev–Trinajstić information content (AvgIpc) is 3.08. The van der Waals surface area contributed by atoms with E-state index in [1.54, 1.807) is 13.2 Å². The van der Waals surface area contributed by atoms with Gasteiger partial charge in [-0.15, -0.1) is 0 Å². The molecule has 1 aliphatic heterocycles. The lowest BCUT2D eigenvalue weighted by molar-refractivity contribution is -0.120. The van der Waals surface area contributed by atoms with Crippen molar-refractivity contribution in [2.24, 2.45) is 5.92 Å². The first-order valence-corrected chi connectivity index (χ1v) is 7.06. The van der Waals surface area contributed by atoms with Crippen molar-refractivity contribution in [3.05, 3.63) is 60.1 Å². The number of carbonyl (C=O) groups is 1. The molecule has 0 radical (unpaired) electrons. The van der Waals surface area contributed by atoms with Crippen molar-refractivity contribution < 1.29 is 9.21 Å². The van der Waals surface area contributed by atoms with Gasteiger partial charge in [0.05, 0.1) is 12.3 Å². The third kappa shape index (κ3) is 2.68. The number of Topliss-reactive ketones (excluding diaryl/α,β-unsaturated/α-hetero) is 1. The molecule has 0 saturated carbocycles. The molecule has 1 aromatic heterocycles. The zero-order chi connectivity index (χ0) is 13.9. The van der Waals surface area contributed by atoms with Crippen LogP contribution in [0.1, 0.15) is 30.7 Å². The van der Waals surface area contributed by atoms with Gasteiger partial charge < -0.3 is 4.42 Å². The van der Waals surface area contributed by atoms with Crippen LogP contribution in [-0.4, -0.2) is 17.2 Å². The Labute approximate surface area is 119 Å². The molecule has 2 heterocycles. The molecule has 2 atom stereocenters. The van der Waals surface area contributed by atoms with E-state index in [4.69, 9.17) is 4.42 Å². The minimum Gasteiger partial charge on any atom is -0.468 e. The molecule has 3 nitrogen and oxygen atoms in total.